The Labute approximate surface area is 199 Å². The van der Waals surface area contributed by atoms with Crippen LogP contribution in [-0.2, 0) is 9.59 Å². The summed E-state index contributed by atoms with van der Waals surface area (Å²) in [7, 11) is 0. The number of carbonyl (C=O) groups excluding carboxylic acids is 2. The molecule has 0 spiro atoms. The van der Waals surface area contributed by atoms with Crippen molar-refractivity contribution < 1.29 is 19.1 Å². The number of carbonyl (C=O) groups is 2. The minimum atomic E-state index is -0.316. The molecule has 1 aromatic heterocycles. The number of nitrogens with zero attached hydrogens (tertiary/aromatic N) is 3. The zero-order chi connectivity index (χ0) is 22.5. The van der Waals surface area contributed by atoms with Crippen LogP contribution in [0, 0.1) is 5.92 Å². The molecule has 0 radical (unpaired) electrons. The van der Waals surface area contributed by atoms with Gasteiger partial charge >= 0.3 is 0 Å². The van der Waals surface area contributed by atoms with E-state index < -0.39 is 0 Å². The van der Waals surface area contributed by atoms with E-state index in [0.29, 0.717) is 42.1 Å². The summed E-state index contributed by atoms with van der Waals surface area (Å²) >= 11 is 7.81. The Hall–Kier alpha value is -2.84. The van der Waals surface area contributed by atoms with E-state index >= 15 is 0 Å². The molecule has 9 heteroatoms. The van der Waals surface area contributed by atoms with Crippen molar-refractivity contribution in [3.05, 3.63) is 46.4 Å². The lowest BCUT2D eigenvalue weighted by molar-refractivity contribution is -0.136. The molecule has 170 valence electrons. The number of piperidine rings is 1. The van der Waals surface area contributed by atoms with Gasteiger partial charge in [0.1, 0.15) is 0 Å². The van der Waals surface area contributed by atoms with Crippen molar-refractivity contribution in [3.63, 3.8) is 0 Å². The molecule has 2 fully saturated rings. The molecule has 2 aromatic carbocycles. The third-order valence-electron chi connectivity index (χ3n) is 6.66. The second kappa shape index (κ2) is 8.18. The fraction of sp³-hybridized carbons (Fsp3) is 0.375. The molecule has 2 amide bonds. The van der Waals surface area contributed by atoms with Gasteiger partial charge < -0.3 is 19.3 Å². The number of hydrogen-bond acceptors (Lipinski definition) is 6. The quantitative estimate of drug-likeness (QED) is 0.550. The number of thiazole rings is 1. The maximum atomic E-state index is 13.2. The second-order valence-electron chi connectivity index (χ2n) is 8.71. The van der Waals surface area contributed by atoms with Gasteiger partial charge in [-0.05, 0) is 43.2 Å². The maximum absolute atomic E-state index is 13.2. The van der Waals surface area contributed by atoms with Crippen LogP contribution in [0.4, 0.5) is 5.69 Å². The molecule has 0 bridgehead atoms. The van der Waals surface area contributed by atoms with Gasteiger partial charge in [-0.15, -0.1) is 11.3 Å². The fourth-order valence-corrected chi connectivity index (χ4v) is 6.16. The standard InChI is InChI=1S/C24H22ClN3O4S/c25-16-1-4-21-18(10-16)26-23(33-21)14-5-7-27(8-6-14)24(30)15-9-22(29)28(12-15)17-2-3-19-20(11-17)32-13-31-19/h1-4,10-11,14-15H,5-9,12-13H2. The van der Waals surface area contributed by atoms with Crippen molar-refractivity contribution in [1.82, 2.24) is 9.88 Å². The molecular weight excluding hydrogens is 462 g/mol. The SMILES string of the molecule is O=C(C1CC(=O)N(c2ccc3c(c2)OCO3)C1)N1CCC(c2nc3cc(Cl)ccc3s2)CC1. The summed E-state index contributed by atoms with van der Waals surface area (Å²) in [6.45, 7) is 1.97. The largest absolute Gasteiger partial charge is 0.454 e. The van der Waals surface area contributed by atoms with Crippen LogP contribution in [0.1, 0.15) is 30.2 Å². The summed E-state index contributed by atoms with van der Waals surface area (Å²) < 4.78 is 11.9. The third kappa shape index (κ3) is 3.81. The minimum Gasteiger partial charge on any atom is -0.454 e. The number of hydrogen-bond donors (Lipinski definition) is 0. The number of fused-ring (bicyclic) bond motifs is 2. The zero-order valence-electron chi connectivity index (χ0n) is 17.8. The van der Waals surface area contributed by atoms with E-state index in [1.807, 2.05) is 35.2 Å². The van der Waals surface area contributed by atoms with E-state index in [0.717, 1.165) is 33.8 Å². The molecule has 6 rings (SSSR count). The highest BCUT2D eigenvalue weighted by atomic mass is 35.5. The van der Waals surface area contributed by atoms with Gasteiger partial charge in [0, 0.05) is 48.7 Å². The maximum Gasteiger partial charge on any atom is 0.231 e. The molecule has 3 aromatic rings. The lowest BCUT2D eigenvalue weighted by Crippen LogP contribution is -2.42. The van der Waals surface area contributed by atoms with Gasteiger partial charge in [0.25, 0.3) is 0 Å². The van der Waals surface area contributed by atoms with Crippen molar-refractivity contribution in [1.29, 1.82) is 0 Å². The number of amides is 2. The van der Waals surface area contributed by atoms with Crippen molar-refractivity contribution >= 4 is 50.7 Å². The first kappa shape index (κ1) is 20.7. The predicted octanol–water partition coefficient (Wildman–Crippen LogP) is 4.44. The molecule has 0 saturated carbocycles. The molecule has 1 unspecified atom stereocenters. The summed E-state index contributed by atoms with van der Waals surface area (Å²) in [5.74, 6) is 1.38. The predicted molar refractivity (Wildman–Crippen MR) is 126 cm³/mol. The first-order chi connectivity index (χ1) is 16.0. The van der Waals surface area contributed by atoms with Gasteiger partial charge in [-0.25, -0.2) is 4.98 Å². The molecule has 1 atom stereocenters. The summed E-state index contributed by atoms with van der Waals surface area (Å²) in [6, 6.07) is 11.3. The molecule has 7 nitrogen and oxygen atoms in total. The van der Waals surface area contributed by atoms with Crippen LogP contribution in [0.3, 0.4) is 0 Å². The number of halogens is 1. The van der Waals surface area contributed by atoms with Crippen LogP contribution in [0.2, 0.25) is 5.02 Å². The van der Waals surface area contributed by atoms with Gasteiger partial charge in [0.15, 0.2) is 11.5 Å². The smallest absolute Gasteiger partial charge is 0.231 e. The number of aromatic nitrogens is 1. The molecule has 2 saturated heterocycles. The Morgan fingerprint density at radius 2 is 1.91 bits per heavy atom. The van der Waals surface area contributed by atoms with Crippen LogP contribution < -0.4 is 14.4 Å². The Bertz CT molecular complexity index is 1250. The summed E-state index contributed by atoms with van der Waals surface area (Å²) in [5, 5.41) is 1.81. The van der Waals surface area contributed by atoms with Gasteiger partial charge in [0.2, 0.25) is 18.6 Å². The fourth-order valence-electron chi connectivity index (χ4n) is 4.87. The zero-order valence-corrected chi connectivity index (χ0v) is 19.4. The second-order valence-corrected chi connectivity index (χ2v) is 10.2. The van der Waals surface area contributed by atoms with Crippen LogP contribution in [-0.4, -0.2) is 48.1 Å². The van der Waals surface area contributed by atoms with E-state index in [1.165, 1.54) is 0 Å². The number of benzene rings is 2. The molecule has 33 heavy (non-hydrogen) atoms. The van der Waals surface area contributed by atoms with Gasteiger partial charge in [-0.1, -0.05) is 11.6 Å². The van der Waals surface area contributed by atoms with E-state index in [4.69, 9.17) is 26.1 Å². The molecule has 0 aliphatic carbocycles. The Morgan fingerprint density at radius 1 is 1.09 bits per heavy atom. The number of likely N-dealkylation sites (tertiary alicyclic amines) is 1. The Balaban J connectivity index is 1.10. The van der Waals surface area contributed by atoms with Gasteiger partial charge in [-0.3, -0.25) is 9.59 Å². The topological polar surface area (TPSA) is 72.0 Å². The van der Waals surface area contributed by atoms with Crippen molar-refractivity contribution in [2.45, 2.75) is 25.2 Å². The van der Waals surface area contributed by atoms with Crippen molar-refractivity contribution in [3.8, 4) is 11.5 Å². The van der Waals surface area contributed by atoms with E-state index in [-0.39, 0.29) is 30.9 Å². The average Bonchev–Trinajstić information content (AvgIpc) is 3.55. The van der Waals surface area contributed by atoms with E-state index in [1.54, 1.807) is 22.3 Å². The van der Waals surface area contributed by atoms with Gasteiger partial charge in [0.05, 0.1) is 21.1 Å². The summed E-state index contributed by atoms with van der Waals surface area (Å²) in [5.41, 5.74) is 1.68. The normalized spacial score (nSPS) is 20.8. The highest BCUT2D eigenvalue weighted by molar-refractivity contribution is 7.18. The summed E-state index contributed by atoms with van der Waals surface area (Å²) in [4.78, 5) is 34.3. The molecular formula is C24H22ClN3O4S. The number of anilines is 1. The molecule has 3 aliphatic heterocycles. The lowest BCUT2D eigenvalue weighted by atomic mass is 9.96. The Morgan fingerprint density at radius 3 is 2.76 bits per heavy atom. The van der Waals surface area contributed by atoms with Crippen molar-refractivity contribution in [2.24, 2.45) is 5.92 Å². The molecule has 0 N–H and O–H groups in total. The molecule has 4 heterocycles. The van der Waals surface area contributed by atoms with E-state index in [2.05, 4.69) is 0 Å². The van der Waals surface area contributed by atoms with Crippen LogP contribution in [0.25, 0.3) is 10.2 Å². The first-order valence-corrected chi connectivity index (χ1v) is 12.3. The van der Waals surface area contributed by atoms with Crippen LogP contribution >= 0.6 is 22.9 Å². The van der Waals surface area contributed by atoms with E-state index in [9.17, 15) is 9.59 Å². The lowest BCUT2D eigenvalue weighted by Gasteiger charge is -2.32. The van der Waals surface area contributed by atoms with Gasteiger partial charge in [-0.2, -0.15) is 0 Å². The molecule has 3 aliphatic rings. The third-order valence-corrected chi connectivity index (χ3v) is 8.10. The first-order valence-electron chi connectivity index (χ1n) is 11.1. The monoisotopic (exact) mass is 483 g/mol. The highest BCUT2D eigenvalue weighted by Gasteiger charge is 2.38. The Kier molecular flexibility index (Phi) is 5.14. The van der Waals surface area contributed by atoms with Crippen molar-refractivity contribution in [2.75, 3.05) is 31.3 Å². The highest BCUT2D eigenvalue weighted by Crippen LogP contribution is 2.38. The van der Waals surface area contributed by atoms with Crippen LogP contribution in [0.15, 0.2) is 36.4 Å². The summed E-state index contributed by atoms with van der Waals surface area (Å²) in [6.07, 6.45) is 2.00. The van der Waals surface area contributed by atoms with Crippen LogP contribution in [0.5, 0.6) is 11.5 Å². The minimum absolute atomic E-state index is 0.0322. The number of rotatable bonds is 3. The average molecular weight is 484 g/mol. The number of ether oxygens (including phenoxy) is 2.